The van der Waals surface area contributed by atoms with E-state index in [2.05, 4.69) is 71.3 Å². The van der Waals surface area contributed by atoms with E-state index >= 15 is 0 Å². The third kappa shape index (κ3) is 4.51. The minimum Gasteiger partial charge on any atom is -0.381 e. The molecule has 2 aromatic rings. The number of nitrogens with one attached hydrogen (secondary N) is 2. The van der Waals surface area contributed by atoms with Gasteiger partial charge in [-0.2, -0.15) is 11.8 Å². The summed E-state index contributed by atoms with van der Waals surface area (Å²) in [5.41, 5.74) is 1.26. The Hall–Kier alpha value is -1.72. The lowest BCUT2D eigenvalue weighted by Gasteiger charge is -2.36. The summed E-state index contributed by atoms with van der Waals surface area (Å²) >= 11 is 1.94. The Balaban J connectivity index is 1.63. The van der Waals surface area contributed by atoms with Crippen LogP contribution in [0.15, 0.2) is 47.5 Å². The predicted molar refractivity (Wildman–Crippen MR) is 113 cm³/mol. The van der Waals surface area contributed by atoms with Crippen molar-refractivity contribution in [2.75, 3.05) is 33.1 Å². The molecular weight excluding hydrogens is 342 g/mol. The highest BCUT2D eigenvalue weighted by molar-refractivity contribution is 8.00. The molecule has 0 saturated carbocycles. The molecule has 1 heterocycles. The van der Waals surface area contributed by atoms with Gasteiger partial charge in [0, 0.05) is 31.6 Å². The van der Waals surface area contributed by atoms with E-state index < -0.39 is 0 Å². The van der Waals surface area contributed by atoms with Crippen LogP contribution < -0.4 is 10.6 Å². The molecule has 1 fully saturated rings. The molecule has 2 N–H and O–H groups in total. The summed E-state index contributed by atoms with van der Waals surface area (Å²) in [7, 11) is 1.83. The molecule has 0 aliphatic carbocycles. The Morgan fingerprint density at radius 1 is 1.19 bits per heavy atom. The fourth-order valence-electron chi connectivity index (χ4n) is 3.40. The summed E-state index contributed by atoms with van der Waals surface area (Å²) in [6, 6.07) is 15.3. The third-order valence-electron chi connectivity index (χ3n) is 5.27. The number of benzene rings is 2. The highest BCUT2D eigenvalue weighted by atomic mass is 32.2. The summed E-state index contributed by atoms with van der Waals surface area (Å²) in [4.78, 5) is 4.42. The molecule has 0 aromatic heterocycles. The lowest BCUT2D eigenvalue weighted by atomic mass is 9.99. The van der Waals surface area contributed by atoms with E-state index in [1.165, 1.54) is 16.3 Å². The van der Waals surface area contributed by atoms with Crippen molar-refractivity contribution >= 4 is 28.5 Å². The first-order chi connectivity index (χ1) is 12.7. The van der Waals surface area contributed by atoms with E-state index in [1.807, 2.05) is 18.8 Å². The number of aliphatic imine (C=N–C) groups is 1. The van der Waals surface area contributed by atoms with Crippen molar-refractivity contribution in [3.8, 4) is 0 Å². The lowest BCUT2D eigenvalue weighted by Crippen LogP contribution is -2.48. The summed E-state index contributed by atoms with van der Waals surface area (Å²) in [5, 5.41) is 9.60. The standard InChI is InChI=1S/C21H29N3OS/c1-16(18-9-8-17-6-4-5-7-19(17)14-18)24-20(22-2)23-15-21(26-3)10-12-25-13-11-21/h4-9,14,16H,10-13,15H2,1-3H3,(H2,22,23,24). The average Bonchev–Trinajstić information content (AvgIpc) is 2.71. The van der Waals surface area contributed by atoms with Crippen LogP contribution in [0.4, 0.5) is 0 Å². The molecular formula is C21H29N3OS. The van der Waals surface area contributed by atoms with Gasteiger partial charge in [0.2, 0.25) is 0 Å². The third-order valence-corrected chi connectivity index (χ3v) is 6.68. The first kappa shape index (κ1) is 19.1. The van der Waals surface area contributed by atoms with E-state index in [9.17, 15) is 0 Å². The Morgan fingerprint density at radius 3 is 2.62 bits per heavy atom. The summed E-state index contributed by atoms with van der Waals surface area (Å²) in [6.45, 7) is 4.78. The Labute approximate surface area is 160 Å². The topological polar surface area (TPSA) is 45.7 Å². The normalized spacial score (nSPS) is 18.5. The van der Waals surface area contributed by atoms with E-state index in [0.717, 1.165) is 38.6 Å². The molecule has 1 unspecified atom stereocenters. The van der Waals surface area contributed by atoms with Gasteiger partial charge in [0.25, 0.3) is 0 Å². The van der Waals surface area contributed by atoms with Crippen LogP contribution in [0.3, 0.4) is 0 Å². The number of rotatable bonds is 5. The monoisotopic (exact) mass is 371 g/mol. The zero-order chi connectivity index (χ0) is 18.4. The van der Waals surface area contributed by atoms with Crippen molar-refractivity contribution in [1.29, 1.82) is 0 Å². The molecule has 1 aliphatic rings. The number of guanidine groups is 1. The number of fused-ring (bicyclic) bond motifs is 1. The lowest BCUT2D eigenvalue weighted by molar-refractivity contribution is 0.0782. The fraction of sp³-hybridized carbons (Fsp3) is 0.476. The SMILES string of the molecule is CN=C(NCC1(SC)CCOCC1)NC(C)c1ccc2ccccc2c1. The van der Waals surface area contributed by atoms with Gasteiger partial charge in [-0.15, -0.1) is 0 Å². The first-order valence-electron chi connectivity index (χ1n) is 9.24. The Kier molecular flexibility index (Phi) is 6.43. The molecule has 140 valence electrons. The average molecular weight is 372 g/mol. The molecule has 3 rings (SSSR count). The molecule has 2 aromatic carbocycles. The molecule has 0 bridgehead atoms. The van der Waals surface area contributed by atoms with Crippen LogP contribution in [0.5, 0.6) is 0 Å². The minimum absolute atomic E-state index is 0.186. The van der Waals surface area contributed by atoms with Gasteiger partial charge in [-0.1, -0.05) is 36.4 Å². The van der Waals surface area contributed by atoms with Crippen LogP contribution in [0.2, 0.25) is 0 Å². The van der Waals surface area contributed by atoms with Gasteiger partial charge in [-0.3, -0.25) is 4.99 Å². The molecule has 0 radical (unpaired) electrons. The van der Waals surface area contributed by atoms with E-state index in [1.54, 1.807) is 0 Å². The van der Waals surface area contributed by atoms with Crippen molar-refractivity contribution in [2.45, 2.75) is 30.6 Å². The van der Waals surface area contributed by atoms with Crippen molar-refractivity contribution in [1.82, 2.24) is 10.6 Å². The van der Waals surface area contributed by atoms with Gasteiger partial charge < -0.3 is 15.4 Å². The summed E-state index contributed by atoms with van der Waals surface area (Å²) < 4.78 is 5.77. The quantitative estimate of drug-likeness (QED) is 0.616. The summed E-state index contributed by atoms with van der Waals surface area (Å²) in [5.74, 6) is 0.852. The number of thioether (sulfide) groups is 1. The van der Waals surface area contributed by atoms with Gasteiger partial charge in [-0.05, 0) is 48.4 Å². The first-order valence-corrected chi connectivity index (χ1v) is 10.5. The van der Waals surface area contributed by atoms with Crippen LogP contribution in [0.1, 0.15) is 31.4 Å². The van der Waals surface area contributed by atoms with E-state index in [4.69, 9.17) is 4.74 Å². The molecule has 1 atom stereocenters. The number of ether oxygens (including phenoxy) is 1. The van der Waals surface area contributed by atoms with Gasteiger partial charge >= 0.3 is 0 Å². The highest BCUT2D eigenvalue weighted by Crippen LogP contribution is 2.33. The number of hydrogen-bond acceptors (Lipinski definition) is 3. The Morgan fingerprint density at radius 2 is 1.92 bits per heavy atom. The summed E-state index contributed by atoms with van der Waals surface area (Å²) in [6.07, 6.45) is 4.36. The number of nitrogens with zero attached hydrogens (tertiary/aromatic N) is 1. The molecule has 1 saturated heterocycles. The van der Waals surface area contributed by atoms with E-state index in [-0.39, 0.29) is 10.8 Å². The van der Waals surface area contributed by atoms with Crippen molar-refractivity contribution in [3.05, 3.63) is 48.0 Å². The van der Waals surface area contributed by atoms with E-state index in [0.29, 0.717) is 0 Å². The minimum atomic E-state index is 0.186. The molecule has 26 heavy (non-hydrogen) atoms. The second-order valence-corrected chi connectivity index (χ2v) is 8.17. The number of hydrogen-bond donors (Lipinski definition) is 2. The predicted octanol–water partition coefficient (Wildman–Crippen LogP) is 3.98. The molecule has 4 nitrogen and oxygen atoms in total. The van der Waals surface area contributed by atoms with Gasteiger partial charge in [0.15, 0.2) is 5.96 Å². The second kappa shape index (κ2) is 8.78. The largest absolute Gasteiger partial charge is 0.381 e. The van der Waals surface area contributed by atoms with Crippen molar-refractivity contribution < 1.29 is 4.74 Å². The smallest absolute Gasteiger partial charge is 0.191 e. The molecule has 0 amide bonds. The highest BCUT2D eigenvalue weighted by Gasteiger charge is 2.31. The van der Waals surface area contributed by atoms with Crippen LogP contribution in [0.25, 0.3) is 10.8 Å². The maximum absolute atomic E-state index is 5.53. The molecule has 5 heteroatoms. The molecule has 1 aliphatic heterocycles. The van der Waals surface area contributed by atoms with Crippen LogP contribution in [-0.2, 0) is 4.74 Å². The maximum atomic E-state index is 5.53. The second-order valence-electron chi connectivity index (χ2n) is 6.90. The van der Waals surface area contributed by atoms with Gasteiger partial charge in [-0.25, -0.2) is 0 Å². The van der Waals surface area contributed by atoms with Crippen molar-refractivity contribution in [3.63, 3.8) is 0 Å². The maximum Gasteiger partial charge on any atom is 0.191 e. The van der Waals surface area contributed by atoms with Crippen LogP contribution in [-0.4, -0.2) is 43.8 Å². The van der Waals surface area contributed by atoms with Gasteiger partial charge in [0.1, 0.15) is 0 Å². The zero-order valence-corrected chi connectivity index (χ0v) is 16.7. The molecule has 0 spiro atoms. The van der Waals surface area contributed by atoms with Crippen LogP contribution in [0, 0.1) is 0 Å². The van der Waals surface area contributed by atoms with Crippen LogP contribution >= 0.6 is 11.8 Å². The Bertz CT molecular complexity index is 756. The van der Waals surface area contributed by atoms with Gasteiger partial charge in [0.05, 0.1) is 6.04 Å². The van der Waals surface area contributed by atoms with Crippen molar-refractivity contribution in [2.24, 2.45) is 4.99 Å². The zero-order valence-electron chi connectivity index (χ0n) is 15.9. The fourth-order valence-corrected chi connectivity index (χ4v) is 4.19.